The van der Waals surface area contributed by atoms with Crippen LogP contribution >= 0.6 is 15.9 Å². The number of rotatable bonds is 4. The van der Waals surface area contributed by atoms with E-state index in [0.29, 0.717) is 21.4 Å². The molecular weight excluding hydrogens is 608 g/mol. The number of hydrogen-bond acceptors (Lipinski definition) is 6. The predicted octanol–water partition coefficient (Wildman–Crippen LogP) is 2.18. The van der Waals surface area contributed by atoms with Crippen molar-refractivity contribution >= 4 is 15.9 Å². The summed E-state index contributed by atoms with van der Waals surface area (Å²) in [5.41, 5.74) is -0.704. The van der Waals surface area contributed by atoms with Crippen molar-refractivity contribution in [3.05, 3.63) is 136 Å². The Hall–Kier alpha value is -5.04. The number of fused-ring (bicyclic) bond motifs is 4. The van der Waals surface area contributed by atoms with Gasteiger partial charge in [0.25, 0.3) is 0 Å². The minimum atomic E-state index is -1.00. The van der Waals surface area contributed by atoms with Gasteiger partial charge in [-0.15, -0.1) is 0 Å². The zero-order chi connectivity index (χ0) is 29.3. The first-order chi connectivity index (χ1) is 20.3. The first-order valence-corrected chi connectivity index (χ1v) is 13.9. The Morgan fingerprint density at radius 1 is 0.786 bits per heavy atom. The number of phenolic OH excluding ortho intramolecular Hbond substituents is 1. The number of hydrogen-bond donors (Lipinski definition) is 1. The van der Waals surface area contributed by atoms with Gasteiger partial charge in [0.1, 0.15) is 6.04 Å². The van der Waals surface area contributed by atoms with Crippen molar-refractivity contribution in [2.75, 3.05) is 7.11 Å². The summed E-state index contributed by atoms with van der Waals surface area (Å²) in [5, 5.41) is 11.3. The van der Waals surface area contributed by atoms with E-state index in [2.05, 4.69) is 15.9 Å². The van der Waals surface area contributed by atoms with E-state index < -0.39 is 34.8 Å². The van der Waals surface area contributed by atoms with Crippen molar-refractivity contribution in [2.45, 2.75) is 25.2 Å². The summed E-state index contributed by atoms with van der Waals surface area (Å²) in [4.78, 5) is 55.3. The summed E-state index contributed by atoms with van der Waals surface area (Å²) in [7, 11) is 1.41. The molecule has 0 bridgehead atoms. The number of ether oxygens (including phenoxy) is 1. The van der Waals surface area contributed by atoms with Crippen molar-refractivity contribution in [3.8, 4) is 22.9 Å². The van der Waals surface area contributed by atoms with Gasteiger partial charge in [-0.1, -0.05) is 58.4 Å². The highest BCUT2D eigenvalue weighted by Crippen LogP contribution is 2.45. The summed E-state index contributed by atoms with van der Waals surface area (Å²) in [6, 6.07) is 18.5. The van der Waals surface area contributed by atoms with E-state index in [1.807, 2.05) is 0 Å². The van der Waals surface area contributed by atoms with Crippen molar-refractivity contribution < 1.29 is 9.84 Å². The molecular formula is C29H23BrN6O6. The van der Waals surface area contributed by atoms with E-state index in [0.717, 1.165) is 9.13 Å². The SMILES string of the molecule is COc1cc(Br)cc(C2C3=CCn4c(=O)n(-c5ccccc5)c(=O)n4C3Cn3c(=O)n(-c4ccccc4)c(=O)n32)c1O. The number of aromatic hydroxyl groups is 1. The summed E-state index contributed by atoms with van der Waals surface area (Å²) >= 11 is 3.46. The van der Waals surface area contributed by atoms with Crippen LogP contribution in [0.3, 0.4) is 0 Å². The number of aromatic nitrogens is 6. The minimum absolute atomic E-state index is 0.0422. The molecule has 0 fully saturated rings. The highest BCUT2D eigenvalue weighted by Gasteiger charge is 2.42. The van der Waals surface area contributed by atoms with E-state index in [4.69, 9.17) is 4.74 Å². The van der Waals surface area contributed by atoms with E-state index in [1.54, 1.807) is 78.9 Å². The molecule has 3 aromatic carbocycles. The molecule has 2 aliphatic heterocycles. The number of phenols is 1. The molecule has 7 rings (SSSR count). The van der Waals surface area contributed by atoms with Crippen LogP contribution in [0.4, 0.5) is 0 Å². The molecule has 2 atom stereocenters. The van der Waals surface area contributed by atoms with Gasteiger partial charge in [0.2, 0.25) is 0 Å². The molecule has 0 spiro atoms. The molecule has 2 unspecified atom stereocenters. The molecule has 0 saturated heterocycles. The maximum Gasteiger partial charge on any atom is 0.352 e. The lowest BCUT2D eigenvalue weighted by molar-refractivity contribution is 0.243. The standard InChI is InChI=1S/C29H23BrN6O6/c1-42-23-15-17(30)14-21(25(23)37)24-20-12-13-31-26(38)33(18-8-4-2-5-9-18)28(40)35(31)22(20)16-32-27(39)34(29(41)36(24)32)19-10-6-3-7-11-19/h2-12,14-15,22,24,37H,13,16H2,1H3. The zero-order valence-corrected chi connectivity index (χ0v) is 23.7. The van der Waals surface area contributed by atoms with Crippen LogP contribution in [0.15, 0.2) is 108 Å². The topological polar surface area (TPSA) is 127 Å². The molecule has 0 amide bonds. The van der Waals surface area contributed by atoms with Crippen LogP contribution in [0.2, 0.25) is 0 Å². The van der Waals surface area contributed by atoms with Crippen LogP contribution in [0.1, 0.15) is 17.6 Å². The van der Waals surface area contributed by atoms with Crippen LogP contribution < -0.4 is 27.5 Å². The average molecular weight is 631 g/mol. The largest absolute Gasteiger partial charge is 0.504 e. The quantitative estimate of drug-likeness (QED) is 0.303. The van der Waals surface area contributed by atoms with Gasteiger partial charge in [0.05, 0.1) is 37.6 Å². The molecule has 4 heterocycles. The summed E-state index contributed by atoms with van der Waals surface area (Å²) in [5.74, 6) is -0.0607. The Morgan fingerprint density at radius 2 is 1.36 bits per heavy atom. The van der Waals surface area contributed by atoms with Gasteiger partial charge in [0.15, 0.2) is 11.5 Å². The van der Waals surface area contributed by atoms with Crippen molar-refractivity contribution in [1.29, 1.82) is 0 Å². The predicted molar refractivity (Wildman–Crippen MR) is 156 cm³/mol. The van der Waals surface area contributed by atoms with Gasteiger partial charge < -0.3 is 9.84 Å². The fraction of sp³-hybridized carbons (Fsp3) is 0.172. The zero-order valence-electron chi connectivity index (χ0n) is 22.1. The Morgan fingerprint density at radius 3 is 1.95 bits per heavy atom. The van der Waals surface area contributed by atoms with E-state index in [1.165, 1.54) is 25.8 Å². The lowest BCUT2D eigenvalue weighted by Gasteiger charge is -2.38. The van der Waals surface area contributed by atoms with Crippen LogP contribution in [0.5, 0.6) is 11.5 Å². The van der Waals surface area contributed by atoms with Gasteiger partial charge in [-0.25, -0.2) is 47.0 Å². The van der Waals surface area contributed by atoms with Crippen LogP contribution in [0.25, 0.3) is 11.4 Å². The van der Waals surface area contributed by atoms with Crippen molar-refractivity contribution in [2.24, 2.45) is 0 Å². The van der Waals surface area contributed by atoms with Gasteiger partial charge >= 0.3 is 22.8 Å². The highest BCUT2D eigenvalue weighted by atomic mass is 79.9. The minimum Gasteiger partial charge on any atom is -0.504 e. The normalized spacial score (nSPS) is 17.2. The van der Waals surface area contributed by atoms with Crippen molar-refractivity contribution in [1.82, 2.24) is 27.9 Å². The summed E-state index contributed by atoms with van der Waals surface area (Å²) in [6.07, 6.45) is 1.78. The number of allylic oxidation sites excluding steroid dienone is 2. The van der Waals surface area contributed by atoms with Gasteiger partial charge in [-0.3, -0.25) is 0 Å². The highest BCUT2D eigenvalue weighted by molar-refractivity contribution is 9.10. The lowest BCUT2D eigenvalue weighted by atomic mass is 9.89. The van der Waals surface area contributed by atoms with E-state index in [9.17, 15) is 24.3 Å². The Bertz CT molecular complexity index is 2150. The van der Waals surface area contributed by atoms with Crippen molar-refractivity contribution in [3.63, 3.8) is 0 Å². The number of benzene rings is 3. The molecule has 2 aliphatic rings. The fourth-order valence-corrected chi connectivity index (χ4v) is 6.44. The number of nitrogens with zero attached hydrogens (tertiary/aromatic N) is 6. The third-order valence-electron chi connectivity index (χ3n) is 7.82. The van der Waals surface area contributed by atoms with Crippen LogP contribution in [-0.4, -0.2) is 40.1 Å². The molecule has 12 nitrogen and oxygen atoms in total. The second-order valence-electron chi connectivity index (χ2n) is 9.99. The molecule has 0 aliphatic carbocycles. The van der Waals surface area contributed by atoms with Gasteiger partial charge in [0, 0.05) is 10.0 Å². The lowest BCUT2D eigenvalue weighted by Crippen LogP contribution is -2.47. The van der Waals surface area contributed by atoms with E-state index in [-0.39, 0.29) is 30.2 Å². The molecule has 13 heteroatoms. The third kappa shape index (κ3) is 3.59. The van der Waals surface area contributed by atoms with Crippen LogP contribution in [-0.2, 0) is 13.1 Å². The molecule has 42 heavy (non-hydrogen) atoms. The first-order valence-electron chi connectivity index (χ1n) is 13.1. The summed E-state index contributed by atoms with van der Waals surface area (Å²) in [6.45, 7) is -0.0548. The second-order valence-corrected chi connectivity index (χ2v) is 10.9. The molecule has 5 aromatic rings. The Labute approximate surface area is 244 Å². The summed E-state index contributed by atoms with van der Waals surface area (Å²) < 4.78 is 13.3. The molecule has 212 valence electrons. The van der Waals surface area contributed by atoms with E-state index >= 15 is 0 Å². The monoisotopic (exact) mass is 630 g/mol. The maximum atomic E-state index is 14.0. The van der Waals surface area contributed by atoms with Gasteiger partial charge in [-0.05, 0) is 42.0 Å². The first kappa shape index (κ1) is 25.9. The Balaban J connectivity index is 1.53. The number of methoxy groups -OCH3 is 1. The smallest absolute Gasteiger partial charge is 0.352 e. The van der Waals surface area contributed by atoms with Crippen LogP contribution in [0, 0.1) is 0 Å². The maximum absolute atomic E-state index is 14.0. The fourth-order valence-electron chi connectivity index (χ4n) is 5.99. The third-order valence-corrected chi connectivity index (χ3v) is 8.28. The molecule has 0 radical (unpaired) electrons. The average Bonchev–Trinajstić information content (AvgIpc) is 3.41. The number of halogens is 1. The molecule has 2 aromatic heterocycles. The number of para-hydroxylation sites is 2. The second kappa shape index (κ2) is 9.52. The van der Waals surface area contributed by atoms with Gasteiger partial charge in [-0.2, -0.15) is 0 Å². The molecule has 0 saturated carbocycles. The molecule has 1 N–H and O–H groups in total. The Kier molecular flexibility index (Phi) is 5.87.